The fourth-order valence-electron chi connectivity index (χ4n) is 3.73. The number of carbonyl (C=O) groups excluding carboxylic acids is 2. The monoisotopic (exact) mass is 550 g/mol. The maximum Gasteiger partial charge on any atom is 0.415 e. The molecule has 0 aromatic heterocycles. The van der Waals surface area contributed by atoms with Crippen LogP contribution in [0.2, 0.25) is 10.0 Å². The van der Waals surface area contributed by atoms with Gasteiger partial charge in [-0.15, -0.1) is 0 Å². The van der Waals surface area contributed by atoms with Crippen LogP contribution >= 0.6 is 23.2 Å². The van der Waals surface area contributed by atoms with Crippen LogP contribution in [0.25, 0.3) is 0 Å². The zero-order valence-electron chi connectivity index (χ0n) is 19.9. The summed E-state index contributed by atoms with van der Waals surface area (Å²) >= 11 is 12.3. The molecule has 2 aromatic carbocycles. The fraction of sp³-hybridized carbons (Fsp3) is 0.417. The molecule has 2 amide bonds. The molecule has 0 aliphatic rings. The molecule has 0 aliphatic carbocycles. The van der Waals surface area contributed by atoms with Gasteiger partial charge in [0.15, 0.2) is 0 Å². The Morgan fingerprint density at radius 1 is 1.03 bits per heavy atom. The highest BCUT2D eigenvalue weighted by Crippen LogP contribution is 2.38. The SMILES string of the molecule is COc1cccc(OC(=O)N(C)[C@](CCCO)(CN(C)C(=O)CC(F)(F)F)c2ccc(Cl)c(Cl)c2)c1. The van der Waals surface area contributed by atoms with E-state index in [-0.39, 0.29) is 41.8 Å². The highest BCUT2D eigenvalue weighted by atomic mass is 35.5. The van der Waals surface area contributed by atoms with Crippen molar-refractivity contribution in [2.75, 3.05) is 34.4 Å². The predicted octanol–water partition coefficient (Wildman–Crippen LogP) is 5.51. The molecule has 0 saturated heterocycles. The number of aliphatic hydroxyl groups excluding tert-OH is 1. The van der Waals surface area contributed by atoms with Crippen LogP contribution in [0, 0.1) is 0 Å². The van der Waals surface area contributed by atoms with E-state index in [1.54, 1.807) is 18.2 Å². The molecular weight excluding hydrogens is 524 g/mol. The van der Waals surface area contributed by atoms with Gasteiger partial charge < -0.3 is 19.5 Å². The van der Waals surface area contributed by atoms with Crippen molar-refractivity contribution in [2.45, 2.75) is 31.0 Å². The second kappa shape index (κ2) is 12.5. The van der Waals surface area contributed by atoms with Crippen LogP contribution in [0.1, 0.15) is 24.8 Å². The average Bonchev–Trinajstić information content (AvgIpc) is 2.81. The van der Waals surface area contributed by atoms with E-state index in [4.69, 9.17) is 32.7 Å². The number of amides is 2. The Labute approximate surface area is 217 Å². The first kappa shape index (κ1) is 29.5. The molecule has 2 rings (SSSR count). The Hall–Kier alpha value is -2.69. The van der Waals surface area contributed by atoms with Gasteiger partial charge in [0.2, 0.25) is 5.91 Å². The van der Waals surface area contributed by atoms with Crippen molar-refractivity contribution >= 4 is 35.2 Å². The standard InChI is InChI=1S/C24H27Cl2F3N2O5/c1-30(21(33)14-24(27,28)29)15-23(10-5-11-32,16-8-9-19(25)20(26)12-16)31(2)22(34)36-18-7-4-6-17(13-18)35-3/h4,6-9,12-13,32H,5,10-11,14-15H2,1-3H3/t23-/m1/s1. The van der Waals surface area contributed by atoms with E-state index in [1.807, 2.05) is 0 Å². The Balaban J connectivity index is 2.54. The number of hydrogen-bond donors (Lipinski definition) is 1. The summed E-state index contributed by atoms with van der Waals surface area (Å²) in [7, 11) is 4.05. The number of aliphatic hydroxyl groups is 1. The third kappa shape index (κ3) is 7.65. The summed E-state index contributed by atoms with van der Waals surface area (Å²) in [5.41, 5.74) is -1.04. The minimum Gasteiger partial charge on any atom is -0.497 e. The minimum atomic E-state index is -4.71. The molecule has 1 N–H and O–H groups in total. The van der Waals surface area contributed by atoms with Crippen molar-refractivity contribution in [3.63, 3.8) is 0 Å². The van der Waals surface area contributed by atoms with Crippen LogP contribution in [-0.2, 0) is 10.3 Å². The van der Waals surface area contributed by atoms with Crippen molar-refractivity contribution in [1.82, 2.24) is 9.80 Å². The number of halogens is 5. The number of likely N-dealkylation sites (N-methyl/N-ethyl adjacent to an activating group) is 2. The van der Waals surface area contributed by atoms with E-state index in [0.29, 0.717) is 11.3 Å². The van der Waals surface area contributed by atoms with Gasteiger partial charge in [0.1, 0.15) is 17.9 Å². The van der Waals surface area contributed by atoms with Gasteiger partial charge in [-0.2, -0.15) is 13.2 Å². The summed E-state index contributed by atoms with van der Waals surface area (Å²) < 4.78 is 49.4. The van der Waals surface area contributed by atoms with E-state index in [9.17, 15) is 27.9 Å². The van der Waals surface area contributed by atoms with Crippen molar-refractivity contribution in [1.29, 1.82) is 0 Å². The lowest BCUT2D eigenvalue weighted by Crippen LogP contribution is -2.55. The fourth-order valence-corrected chi connectivity index (χ4v) is 4.03. The van der Waals surface area contributed by atoms with Crippen molar-refractivity contribution in [3.05, 3.63) is 58.1 Å². The molecule has 12 heteroatoms. The molecule has 1 atom stereocenters. The summed E-state index contributed by atoms with van der Waals surface area (Å²) in [6.07, 6.45) is -7.02. The molecule has 2 aromatic rings. The molecule has 7 nitrogen and oxygen atoms in total. The molecule has 0 aliphatic heterocycles. The van der Waals surface area contributed by atoms with Crippen LogP contribution in [0.15, 0.2) is 42.5 Å². The first-order valence-electron chi connectivity index (χ1n) is 10.8. The number of carbonyl (C=O) groups is 2. The lowest BCUT2D eigenvalue weighted by atomic mass is 9.83. The quantitative estimate of drug-likeness (QED) is 0.422. The first-order valence-corrected chi connectivity index (χ1v) is 11.6. The maximum absolute atomic E-state index is 13.3. The first-order chi connectivity index (χ1) is 16.8. The van der Waals surface area contributed by atoms with Gasteiger partial charge in [0.05, 0.1) is 22.7 Å². The normalized spacial score (nSPS) is 13.0. The van der Waals surface area contributed by atoms with E-state index >= 15 is 0 Å². The predicted molar refractivity (Wildman–Crippen MR) is 130 cm³/mol. The van der Waals surface area contributed by atoms with Crippen molar-refractivity contribution in [2.24, 2.45) is 0 Å². The van der Waals surface area contributed by atoms with Gasteiger partial charge in [-0.05, 0) is 42.7 Å². The minimum absolute atomic E-state index is 0.0643. The van der Waals surface area contributed by atoms with Gasteiger partial charge in [0.25, 0.3) is 0 Å². The highest BCUT2D eigenvalue weighted by molar-refractivity contribution is 6.42. The lowest BCUT2D eigenvalue weighted by Gasteiger charge is -2.44. The summed E-state index contributed by atoms with van der Waals surface area (Å²) in [6.45, 7) is -0.619. The average molecular weight is 551 g/mol. The Kier molecular flexibility index (Phi) is 10.3. The molecule has 0 fully saturated rings. The number of benzene rings is 2. The Morgan fingerprint density at radius 3 is 2.28 bits per heavy atom. The second-order valence-corrected chi connectivity index (χ2v) is 8.95. The zero-order valence-corrected chi connectivity index (χ0v) is 21.5. The number of nitrogens with zero attached hydrogens (tertiary/aromatic N) is 2. The number of alkyl halides is 3. The van der Waals surface area contributed by atoms with Gasteiger partial charge in [-0.3, -0.25) is 9.69 Å². The van der Waals surface area contributed by atoms with Crippen LogP contribution in [-0.4, -0.2) is 67.4 Å². The molecule has 198 valence electrons. The summed E-state index contributed by atoms with van der Waals surface area (Å²) in [5.74, 6) is -0.583. The Bertz CT molecular complexity index is 1070. The van der Waals surface area contributed by atoms with Crippen LogP contribution in [0.5, 0.6) is 11.5 Å². The summed E-state index contributed by atoms with van der Waals surface area (Å²) in [4.78, 5) is 27.7. The van der Waals surface area contributed by atoms with Gasteiger partial charge in [0, 0.05) is 33.3 Å². The van der Waals surface area contributed by atoms with Gasteiger partial charge in [-0.1, -0.05) is 35.3 Å². The second-order valence-electron chi connectivity index (χ2n) is 8.14. The molecule has 0 spiro atoms. The molecule has 0 radical (unpaired) electrons. The molecule has 0 heterocycles. The van der Waals surface area contributed by atoms with E-state index in [0.717, 1.165) is 4.90 Å². The number of methoxy groups -OCH3 is 1. The number of ether oxygens (including phenoxy) is 2. The van der Waals surface area contributed by atoms with Gasteiger partial charge in [-0.25, -0.2) is 4.79 Å². The largest absolute Gasteiger partial charge is 0.497 e. The molecule has 36 heavy (non-hydrogen) atoms. The van der Waals surface area contributed by atoms with E-state index < -0.39 is 30.1 Å². The maximum atomic E-state index is 13.3. The Morgan fingerprint density at radius 2 is 1.69 bits per heavy atom. The van der Waals surface area contributed by atoms with E-state index in [2.05, 4.69) is 0 Å². The van der Waals surface area contributed by atoms with Crippen LogP contribution < -0.4 is 9.47 Å². The number of hydrogen-bond acceptors (Lipinski definition) is 5. The van der Waals surface area contributed by atoms with Crippen LogP contribution in [0.4, 0.5) is 18.0 Å². The third-order valence-corrected chi connectivity index (χ3v) is 6.38. The van der Waals surface area contributed by atoms with Crippen molar-refractivity contribution in [3.8, 4) is 11.5 Å². The highest BCUT2D eigenvalue weighted by Gasteiger charge is 2.43. The molecule has 0 bridgehead atoms. The number of rotatable bonds is 10. The molecule has 0 saturated carbocycles. The third-order valence-electron chi connectivity index (χ3n) is 5.64. The van der Waals surface area contributed by atoms with Gasteiger partial charge >= 0.3 is 12.3 Å². The van der Waals surface area contributed by atoms with Crippen LogP contribution in [0.3, 0.4) is 0 Å². The summed E-state index contributed by atoms with van der Waals surface area (Å²) in [5, 5.41) is 9.92. The topological polar surface area (TPSA) is 79.3 Å². The molecule has 0 unspecified atom stereocenters. The lowest BCUT2D eigenvalue weighted by molar-refractivity contribution is -0.161. The smallest absolute Gasteiger partial charge is 0.415 e. The zero-order chi connectivity index (χ0) is 27.1. The molecular formula is C24H27Cl2F3N2O5. The van der Waals surface area contributed by atoms with Crippen molar-refractivity contribution < 1.29 is 37.3 Å². The van der Waals surface area contributed by atoms with E-state index in [1.165, 1.54) is 50.4 Å². The summed E-state index contributed by atoms with van der Waals surface area (Å²) in [6, 6.07) is 10.8.